The monoisotopic (exact) mass is 235 g/mol. The lowest BCUT2D eigenvalue weighted by Gasteiger charge is -2.01. The average molecular weight is 235 g/mol. The highest BCUT2D eigenvalue weighted by atomic mass is 16.7. The largest absolute Gasteiger partial charge is 0.332 e. The van der Waals surface area contributed by atoms with Crippen LogP contribution >= 0.6 is 0 Å². The molecule has 2 aromatic rings. The van der Waals surface area contributed by atoms with E-state index in [9.17, 15) is 9.59 Å². The summed E-state index contributed by atoms with van der Waals surface area (Å²) in [5.74, 6) is -0.623. The molecule has 0 atom stereocenters. The Kier molecular flexibility index (Phi) is 4.33. The van der Waals surface area contributed by atoms with E-state index in [2.05, 4.69) is 15.1 Å². The summed E-state index contributed by atoms with van der Waals surface area (Å²) in [5, 5.41) is 7.54. The van der Waals surface area contributed by atoms with E-state index in [0.29, 0.717) is 15.7 Å². The molecule has 17 heavy (non-hydrogen) atoms. The number of fused-ring (bicyclic) bond motifs is 1. The molecular formula is C11H13N3O3. The van der Waals surface area contributed by atoms with Crippen molar-refractivity contribution in [3.05, 3.63) is 34.6 Å². The molecule has 1 aromatic carbocycles. The number of nitrogens with zero attached hydrogens (tertiary/aromatic N) is 3. The topological polar surface area (TPSA) is 74.1 Å². The SMILES string of the molecule is CC.CC(=O)On1nnc2ccccc2c1=O. The highest BCUT2D eigenvalue weighted by Crippen LogP contribution is 2.02. The molecule has 0 bridgehead atoms. The van der Waals surface area contributed by atoms with Gasteiger partial charge in [0.1, 0.15) is 5.52 Å². The fraction of sp³-hybridized carbons (Fsp3) is 0.273. The molecule has 0 fully saturated rings. The van der Waals surface area contributed by atoms with Crippen molar-refractivity contribution >= 4 is 16.9 Å². The molecule has 6 heteroatoms. The summed E-state index contributed by atoms with van der Waals surface area (Å²) in [6.07, 6.45) is 0. The molecule has 0 aliphatic heterocycles. The quantitative estimate of drug-likeness (QED) is 0.683. The van der Waals surface area contributed by atoms with Gasteiger partial charge in [-0.3, -0.25) is 4.79 Å². The number of aromatic nitrogens is 3. The Morgan fingerprint density at radius 3 is 2.59 bits per heavy atom. The third-order valence-electron chi connectivity index (χ3n) is 1.76. The van der Waals surface area contributed by atoms with E-state index in [4.69, 9.17) is 0 Å². The van der Waals surface area contributed by atoms with E-state index in [0.717, 1.165) is 0 Å². The Morgan fingerprint density at radius 1 is 1.29 bits per heavy atom. The lowest BCUT2D eigenvalue weighted by Crippen LogP contribution is -2.32. The van der Waals surface area contributed by atoms with Crippen LogP contribution in [0.5, 0.6) is 0 Å². The van der Waals surface area contributed by atoms with E-state index < -0.39 is 11.5 Å². The summed E-state index contributed by atoms with van der Waals surface area (Å²) >= 11 is 0. The van der Waals surface area contributed by atoms with Crippen molar-refractivity contribution in [2.75, 3.05) is 0 Å². The van der Waals surface area contributed by atoms with Gasteiger partial charge >= 0.3 is 11.5 Å². The minimum atomic E-state index is -0.623. The van der Waals surface area contributed by atoms with Crippen molar-refractivity contribution in [2.45, 2.75) is 20.8 Å². The maximum atomic E-state index is 11.6. The van der Waals surface area contributed by atoms with E-state index in [1.54, 1.807) is 24.3 Å². The maximum absolute atomic E-state index is 11.6. The van der Waals surface area contributed by atoms with E-state index >= 15 is 0 Å². The molecule has 6 nitrogen and oxygen atoms in total. The first kappa shape index (κ1) is 12.8. The number of hydrogen-bond donors (Lipinski definition) is 0. The predicted molar refractivity (Wildman–Crippen MR) is 62.4 cm³/mol. The van der Waals surface area contributed by atoms with Crippen LogP contribution in [0.4, 0.5) is 0 Å². The first-order valence-corrected chi connectivity index (χ1v) is 5.22. The number of carbonyl (C=O) groups is 1. The molecule has 0 saturated carbocycles. The van der Waals surface area contributed by atoms with Gasteiger partial charge < -0.3 is 4.84 Å². The number of hydrogen-bond acceptors (Lipinski definition) is 5. The van der Waals surface area contributed by atoms with Gasteiger partial charge in [0.2, 0.25) is 0 Å². The van der Waals surface area contributed by atoms with Crippen LogP contribution in [0.15, 0.2) is 29.1 Å². The molecule has 90 valence electrons. The van der Waals surface area contributed by atoms with Crippen LogP contribution in [0.25, 0.3) is 10.9 Å². The van der Waals surface area contributed by atoms with Crippen molar-refractivity contribution < 1.29 is 9.63 Å². The second kappa shape index (κ2) is 5.74. The molecule has 0 N–H and O–H groups in total. The van der Waals surface area contributed by atoms with Gasteiger partial charge in [-0.2, -0.15) is 0 Å². The van der Waals surface area contributed by atoms with Crippen molar-refractivity contribution in [1.29, 1.82) is 0 Å². The van der Waals surface area contributed by atoms with E-state index in [1.807, 2.05) is 13.8 Å². The van der Waals surface area contributed by atoms with Crippen LogP contribution in [0, 0.1) is 0 Å². The number of carbonyl (C=O) groups excluding carboxylic acids is 1. The lowest BCUT2D eigenvalue weighted by molar-refractivity contribution is -0.143. The summed E-state index contributed by atoms with van der Waals surface area (Å²) in [4.78, 5) is 27.4. The Morgan fingerprint density at radius 2 is 1.94 bits per heavy atom. The number of benzene rings is 1. The van der Waals surface area contributed by atoms with Gasteiger partial charge in [-0.1, -0.05) is 26.0 Å². The smallest absolute Gasteiger partial charge is 0.314 e. The highest BCUT2D eigenvalue weighted by Gasteiger charge is 2.06. The standard InChI is InChI=1S/C9H7N3O3.C2H6/c1-6(13)15-12-9(14)7-4-2-3-5-8(7)10-11-12;1-2/h2-5H,1H3;1-2H3. The van der Waals surface area contributed by atoms with Gasteiger partial charge in [-0.15, -0.1) is 5.10 Å². The maximum Gasteiger partial charge on any atom is 0.332 e. The zero-order chi connectivity index (χ0) is 12.8. The van der Waals surface area contributed by atoms with Crippen LogP contribution < -0.4 is 10.4 Å². The Hall–Kier alpha value is -2.24. The first-order valence-electron chi connectivity index (χ1n) is 5.22. The minimum Gasteiger partial charge on any atom is -0.314 e. The van der Waals surface area contributed by atoms with E-state index in [1.165, 1.54) is 6.92 Å². The second-order valence-corrected chi connectivity index (χ2v) is 2.87. The zero-order valence-electron chi connectivity index (χ0n) is 9.88. The molecule has 1 heterocycles. The fourth-order valence-corrected chi connectivity index (χ4v) is 1.16. The molecule has 0 spiro atoms. The molecule has 1 aromatic heterocycles. The van der Waals surface area contributed by atoms with Crippen LogP contribution in [-0.4, -0.2) is 21.1 Å². The minimum absolute atomic E-state index is 0.355. The predicted octanol–water partition coefficient (Wildman–Crippen LogP) is 0.793. The van der Waals surface area contributed by atoms with E-state index in [-0.39, 0.29) is 0 Å². The van der Waals surface area contributed by atoms with Crippen LogP contribution in [0.3, 0.4) is 0 Å². The Labute approximate surface area is 97.8 Å². The van der Waals surface area contributed by atoms with Gasteiger partial charge in [-0.05, 0) is 22.2 Å². The molecule has 0 amide bonds. The lowest BCUT2D eigenvalue weighted by atomic mass is 10.2. The summed E-state index contributed by atoms with van der Waals surface area (Å²) in [7, 11) is 0. The fourth-order valence-electron chi connectivity index (χ4n) is 1.16. The summed E-state index contributed by atoms with van der Waals surface area (Å²) in [5.41, 5.74) is -0.0401. The molecule has 0 aliphatic rings. The van der Waals surface area contributed by atoms with Gasteiger partial charge in [0.15, 0.2) is 0 Å². The van der Waals surface area contributed by atoms with Gasteiger partial charge in [0, 0.05) is 6.92 Å². The third kappa shape index (κ3) is 2.87. The molecule has 0 unspecified atom stereocenters. The summed E-state index contributed by atoms with van der Waals surface area (Å²) < 4.78 is 0. The molecular weight excluding hydrogens is 222 g/mol. The zero-order valence-corrected chi connectivity index (χ0v) is 9.88. The van der Waals surface area contributed by atoms with Gasteiger partial charge in [-0.25, -0.2) is 4.79 Å². The van der Waals surface area contributed by atoms with Crippen molar-refractivity contribution in [1.82, 2.24) is 15.2 Å². The molecule has 0 radical (unpaired) electrons. The highest BCUT2D eigenvalue weighted by molar-refractivity contribution is 5.76. The van der Waals surface area contributed by atoms with Crippen molar-refractivity contribution in [2.24, 2.45) is 0 Å². The molecule has 2 rings (SSSR count). The third-order valence-corrected chi connectivity index (χ3v) is 1.76. The Balaban J connectivity index is 0.000000686. The van der Waals surface area contributed by atoms with Gasteiger partial charge in [0.25, 0.3) is 0 Å². The molecule has 0 saturated heterocycles. The van der Waals surface area contributed by atoms with Crippen LogP contribution in [0.1, 0.15) is 20.8 Å². The summed E-state index contributed by atoms with van der Waals surface area (Å²) in [6, 6.07) is 6.68. The van der Waals surface area contributed by atoms with Crippen LogP contribution in [-0.2, 0) is 4.79 Å². The molecule has 0 aliphatic carbocycles. The number of rotatable bonds is 1. The second-order valence-electron chi connectivity index (χ2n) is 2.87. The van der Waals surface area contributed by atoms with Gasteiger partial charge in [0.05, 0.1) is 5.39 Å². The van der Waals surface area contributed by atoms with Crippen molar-refractivity contribution in [3.8, 4) is 0 Å². The average Bonchev–Trinajstić information content (AvgIpc) is 2.35. The Bertz CT molecular complexity index is 577. The first-order chi connectivity index (χ1) is 8.18. The summed E-state index contributed by atoms with van der Waals surface area (Å²) in [6.45, 7) is 5.18. The normalized spacial score (nSPS) is 9.35. The van der Waals surface area contributed by atoms with Crippen LogP contribution in [0.2, 0.25) is 0 Å². The van der Waals surface area contributed by atoms with Crippen molar-refractivity contribution in [3.63, 3.8) is 0 Å².